The number of ketones is 1. The number of likely N-dealkylation sites (tertiary alicyclic amines) is 1. The first-order valence-electron chi connectivity index (χ1n) is 6.80. The molecule has 0 amide bonds. The van der Waals surface area contributed by atoms with Crippen LogP contribution in [-0.2, 0) is 4.79 Å². The maximum Gasteiger partial charge on any atom is 0.155 e. The van der Waals surface area contributed by atoms with Gasteiger partial charge in [-0.2, -0.15) is 0 Å². The summed E-state index contributed by atoms with van der Waals surface area (Å²) in [6.45, 7) is 7.29. The summed E-state index contributed by atoms with van der Waals surface area (Å²) in [5.74, 6) is 0.448. The predicted octanol–water partition coefficient (Wildman–Crippen LogP) is 3.01. The van der Waals surface area contributed by atoms with Crippen LogP contribution in [-0.4, -0.2) is 29.3 Å². The zero-order valence-corrected chi connectivity index (χ0v) is 11.0. The van der Waals surface area contributed by atoms with E-state index in [-0.39, 0.29) is 11.5 Å². The summed E-state index contributed by atoms with van der Waals surface area (Å²) in [4.78, 5) is 14.7. The van der Waals surface area contributed by atoms with E-state index in [0.717, 1.165) is 13.0 Å². The monoisotopic (exact) mass is 223 g/mol. The van der Waals surface area contributed by atoms with Crippen LogP contribution in [0, 0.1) is 5.41 Å². The molecule has 0 bridgehead atoms. The Balaban J connectivity index is 1.95. The summed E-state index contributed by atoms with van der Waals surface area (Å²) in [7, 11) is 0. The van der Waals surface area contributed by atoms with Gasteiger partial charge in [-0.3, -0.25) is 9.69 Å². The van der Waals surface area contributed by atoms with Gasteiger partial charge < -0.3 is 0 Å². The van der Waals surface area contributed by atoms with Crippen molar-refractivity contribution in [3.8, 4) is 0 Å². The minimum Gasteiger partial charge on any atom is -0.297 e. The molecule has 1 saturated heterocycles. The highest BCUT2D eigenvalue weighted by Gasteiger charge is 2.42. The molecule has 1 saturated carbocycles. The average molecular weight is 223 g/mol. The fourth-order valence-electron chi connectivity index (χ4n) is 3.04. The van der Waals surface area contributed by atoms with Crippen molar-refractivity contribution in [2.75, 3.05) is 6.54 Å². The van der Waals surface area contributed by atoms with E-state index < -0.39 is 0 Å². The van der Waals surface area contributed by atoms with E-state index in [2.05, 4.69) is 4.90 Å². The summed E-state index contributed by atoms with van der Waals surface area (Å²) in [6, 6.07) is 0.946. The van der Waals surface area contributed by atoms with Gasteiger partial charge in [-0.15, -0.1) is 0 Å². The molecule has 1 aliphatic heterocycles. The van der Waals surface area contributed by atoms with Crippen LogP contribution in [0.4, 0.5) is 0 Å². The van der Waals surface area contributed by atoms with Crippen molar-refractivity contribution >= 4 is 5.78 Å². The van der Waals surface area contributed by atoms with E-state index in [1.165, 1.54) is 32.1 Å². The number of rotatable bonds is 2. The largest absolute Gasteiger partial charge is 0.297 e. The Bertz CT molecular complexity index is 260. The number of hydrogen-bond donors (Lipinski definition) is 0. The quantitative estimate of drug-likeness (QED) is 0.717. The molecule has 2 rings (SSSR count). The summed E-state index contributed by atoms with van der Waals surface area (Å²) in [5.41, 5.74) is -0.169. The van der Waals surface area contributed by atoms with Crippen molar-refractivity contribution in [1.82, 2.24) is 4.90 Å². The number of carbonyl (C=O) groups excluding carboxylic acids is 1. The number of nitrogens with zero attached hydrogens (tertiary/aromatic N) is 1. The third kappa shape index (κ3) is 2.32. The molecule has 0 aromatic rings. The number of Topliss-reactive ketones (excluding diaryl/α,β-unsaturated/α-hetero) is 1. The zero-order chi connectivity index (χ0) is 11.8. The van der Waals surface area contributed by atoms with Gasteiger partial charge in [0.25, 0.3) is 0 Å². The molecule has 0 aromatic carbocycles. The number of hydrogen-bond acceptors (Lipinski definition) is 2. The third-order valence-electron chi connectivity index (χ3n) is 4.15. The van der Waals surface area contributed by atoms with E-state index in [1.54, 1.807) is 0 Å². The summed E-state index contributed by atoms with van der Waals surface area (Å²) in [6.07, 6.45) is 7.83. The van der Waals surface area contributed by atoms with Crippen LogP contribution >= 0.6 is 0 Å². The van der Waals surface area contributed by atoms with Gasteiger partial charge in [0, 0.05) is 18.0 Å². The molecule has 0 spiro atoms. The molecule has 1 atom stereocenters. The van der Waals surface area contributed by atoms with Gasteiger partial charge in [0.15, 0.2) is 5.78 Å². The minimum absolute atomic E-state index is 0.169. The third-order valence-corrected chi connectivity index (χ3v) is 4.15. The molecule has 1 heterocycles. The second-order valence-electron chi connectivity index (χ2n) is 6.45. The van der Waals surface area contributed by atoms with Gasteiger partial charge in [0.2, 0.25) is 0 Å². The Morgan fingerprint density at radius 3 is 2.12 bits per heavy atom. The van der Waals surface area contributed by atoms with Gasteiger partial charge in [-0.25, -0.2) is 0 Å². The maximum atomic E-state index is 12.3. The Morgan fingerprint density at radius 1 is 1.06 bits per heavy atom. The maximum absolute atomic E-state index is 12.3. The zero-order valence-electron chi connectivity index (χ0n) is 11.0. The van der Waals surface area contributed by atoms with Crippen molar-refractivity contribution < 1.29 is 4.79 Å². The molecule has 2 heteroatoms. The smallest absolute Gasteiger partial charge is 0.155 e. The van der Waals surface area contributed by atoms with Crippen LogP contribution in [0.25, 0.3) is 0 Å². The average Bonchev–Trinajstić information content (AvgIpc) is 2.16. The van der Waals surface area contributed by atoms with Crippen molar-refractivity contribution in [1.29, 1.82) is 0 Å². The van der Waals surface area contributed by atoms with E-state index >= 15 is 0 Å². The standard InChI is InChI=1S/C14H25NO/c1-14(2,3)13(16)12-9-10-15(12)11-7-5-4-6-8-11/h11-12H,4-10H2,1-3H3. The fraction of sp³-hybridized carbons (Fsp3) is 0.929. The first kappa shape index (κ1) is 12.1. The highest BCUT2D eigenvalue weighted by atomic mass is 16.1. The van der Waals surface area contributed by atoms with Crippen molar-refractivity contribution in [3.63, 3.8) is 0 Å². The van der Waals surface area contributed by atoms with Gasteiger partial charge >= 0.3 is 0 Å². The molecule has 92 valence electrons. The second kappa shape index (κ2) is 4.48. The molecule has 2 nitrogen and oxygen atoms in total. The molecule has 0 aromatic heterocycles. The Morgan fingerprint density at radius 2 is 1.69 bits per heavy atom. The van der Waals surface area contributed by atoms with Crippen LogP contribution in [0.3, 0.4) is 0 Å². The lowest BCUT2D eigenvalue weighted by Gasteiger charge is -2.48. The predicted molar refractivity (Wildman–Crippen MR) is 66.4 cm³/mol. The molecule has 2 fully saturated rings. The molecule has 1 unspecified atom stereocenters. The molecule has 0 N–H and O–H groups in total. The molecule has 16 heavy (non-hydrogen) atoms. The van der Waals surface area contributed by atoms with Gasteiger partial charge in [-0.05, 0) is 19.3 Å². The highest BCUT2D eigenvalue weighted by Crippen LogP contribution is 2.33. The molecule has 2 aliphatic rings. The first-order valence-corrected chi connectivity index (χ1v) is 6.80. The second-order valence-corrected chi connectivity index (χ2v) is 6.45. The lowest BCUT2D eigenvalue weighted by Crippen LogP contribution is -2.59. The van der Waals surface area contributed by atoms with Crippen LogP contribution in [0.5, 0.6) is 0 Å². The van der Waals surface area contributed by atoms with Crippen molar-refractivity contribution in [2.24, 2.45) is 5.41 Å². The van der Waals surface area contributed by atoms with Crippen LogP contribution in [0.15, 0.2) is 0 Å². The van der Waals surface area contributed by atoms with Crippen molar-refractivity contribution in [2.45, 2.75) is 71.4 Å². The molecule has 1 aliphatic carbocycles. The topological polar surface area (TPSA) is 20.3 Å². The Hall–Kier alpha value is -0.370. The SMILES string of the molecule is CC(C)(C)C(=O)C1CCN1C1CCCCC1. The molecular formula is C14H25NO. The normalized spacial score (nSPS) is 28.8. The fourth-order valence-corrected chi connectivity index (χ4v) is 3.04. The van der Waals surface area contributed by atoms with Crippen LogP contribution < -0.4 is 0 Å². The summed E-state index contributed by atoms with van der Waals surface area (Å²) in [5, 5.41) is 0. The lowest BCUT2D eigenvalue weighted by molar-refractivity contribution is -0.138. The lowest BCUT2D eigenvalue weighted by atomic mass is 9.79. The van der Waals surface area contributed by atoms with E-state index in [0.29, 0.717) is 11.8 Å². The van der Waals surface area contributed by atoms with E-state index in [9.17, 15) is 4.79 Å². The highest BCUT2D eigenvalue weighted by molar-refractivity contribution is 5.89. The van der Waals surface area contributed by atoms with E-state index in [4.69, 9.17) is 0 Å². The number of carbonyl (C=O) groups is 1. The minimum atomic E-state index is -0.169. The van der Waals surface area contributed by atoms with Gasteiger partial charge in [-0.1, -0.05) is 40.0 Å². The Labute approximate surface area is 99.4 Å². The Kier molecular flexibility index (Phi) is 3.39. The van der Waals surface area contributed by atoms with Crippen LogP contribution in [0.2, 0.25) is 0 Å². The van der Waals surface area contributed by atoms with Gasteiger partial charge in [0.1, 0.15) is 0 Å². The summed E-state index contributed by atoms with van der Waals surface area (Å²) >= 11 is 0. The first-order chi connectivity index (χ1) is 7.50. The van der Waals surface area contributed by atoms with Crippen molar-refractivity contribution in [3.05, 3.63) is 0 Å². The summed E-state index contributed by atoms with van der Waals surface area (Å²) < 4.78 is 0. The van der Waals surface area contributed by atoms with Crippen LogP contribution in [0.1, 0.15) is 59.3 Å². The molecule has 0 radical (unpaired) electrons. The molecular weight excluding hydrogens is 198 g/mol. The van der Waals surface area contributed by atoms with E-state index in [1.807, 2.05) is 20.8 Å². The van der Waals surface area contributed by atoms with Gasteiger partial charge in [0.05, 0.1) is 6.04 Å².